The van der Waals surface area contributed by atoms with Crippen LogP contribution in [0, 0.1) is 6.92 Å². The monoisotopic (exact) mass is 460 g/mol. The van der Waals surface area contributed by atoms with Gasteiger partial charge in [-0.3, -0.25) is 9.59 Å². The second kappa shape index (κ2) is 9.67. The van der Waals surface area contributed by atoms with Gasteiger partial charge in [-0.25, -0.2) is 0 Å². The summed E-state index contributed by atoms with van der Waals surface area (Å²) in [6.45, 7) is 3.70. The molecule has 1 fully saturated rings. The predicted molar refractivity (Wildman–Crippen MR) is 126 cm³/mol. The Balaban J connectivity index is 1.27. The first kappa shape index (κ1) is 22.1. The molecule has 0 N–H and O–H groups in total. The molecule has 3 heterocycles. The lowest BCUT2D eigenvalue weighted by atomic mass is 10.1. The first-order chi connectivity index (χ1) is 16.6. The molecule has 176 valence electrons. The van der Waals surface area contributed by atoms with Crippen molar-refractivity contribution in [3.05, 3.63) is 60.0 Å². The maximum Gasteiger partial charge on any atom is 0.265 e. The minimum absolute atomic E-state index is 0.0494. The van der Waals surface area contributed by atoms with Crippen LogP contribution in [0.3, 0.4) is 0 Å². The quantitative estimate of drug-likeness (QED) is 0.576. The van der Waals surface area contributed by atoms with E-state index >= 15 is 0 Å². The van der Waals surface area contributed by atoms with Crippen molar-refractivity contribution in [2.45, 2.75) is 45.1 Å². The number of rotatable bonds is 5. The molecule has 0 radical (unpaired) electrons. The Kier molecular flexibility index (Phi) is 6.29. The fourth-order valence-corrected chi connectivity index (χ4v) is 4.43. The molecular weight excluding hydrogens is 432 g/mol. The third-order valence-corrected chi connectivity index (χ3v) is 6.34. The Morgan fingerprint density at radius 2 is 1.76 bits per heavy atom. The molecule has 0 aliphatic carbocycles. The van der Waals surface area contributed by atoms with E-state index in [1.807, 2.05) is 54.3 Å². The molecule has 5 rings (SSSR count). The molecule has 1 atom stereocenters. The molecule has 3 aromatic rings. The summed E-state index contributed by atoms with van der Waals surface area (Å²) in [4.78, 5) is 29.9. The highest BCUT2D eigenvalue weighted by Crippen LogP contribution is 2.34. The largest absolute Gasteiger partial charge is 0.476 e. The van der Waals surface area contributed by atoms with E-state index in [2.05, 4.69) is 10.2 Å². The van der Waals surface area contributed by atoms with Gasteiger partial charge < -0.3 is 19.0 Å². The van der Waals surface area contributed by atoms with E-state index < -0.39 is 6.10 Å². The molecule has 2 amide bonds. The van der Waals surface area contributed by atoms with Gasteiger partial charge in [0, 0.05) is 31.5 Å². The number of piperidine rings is 1. The number of fused-ring (bicyclic) bond motifs is 1. The van der Waals surface area contributed by atoms with Gasteiger partial charge in [0.1, 0.15) is 5.75 Å². The fourth-order valence-electron chi connectivity index (χ4n) is 4.43. The number of para-hydroxylation sites is 2. The summed E-state index contributed by atoms with van der Waals surface area (Å²) >= 11 is 0. The maximum absolute atomic E-state index is 13.2. The van der Waals surface area contributed by atoms with Gasteiger partial charge in [0.15, 0.2) is 6.10 Å². The number of nitrogens with zero attached hydrogens (tertiary/aromatic N) is 4. The summed E-state index contributed by atoms with van der Waals surface area (Å²) in [5.74, 6) is 1.24. The van der Waals surface area contributed by atoms with E-state index in [1.165, 1.54) is 0 Å². The highest BCUT2D eigenvalue weighted by molar-refractivity contribution is 5.97. The van der Waals surface area contributed by atoms with Crippen molar-refractivity contribution in [2.75, 3.05) is 24.5 Å². The third-order valence-electron chi connectivity index (χ3n) is 6.34. The zero-order valence-electron chi connectivity index (χ0n) is 19.3. The molecular formula is C26H28N4O4. The number of benzene rings is 2. The number of aryl methyl sites for hydroxylation is 2. The van der Waals surface area contributed by atoms with Gasteiger partial charge in [-0.05, 0) is 50.5 Å². The molecule has 2 aliphatic heterocycles. The Morgan fingerprint density at radius 3 is 2.56 bits per heavy atom. The zero-order valence-corrected chi connectivity index (χ0v) is 19.3. The molecule has 1 saturated heterocycles. The number of likely N-dealkylation sites (tertiary alicyclic amines) is 1. The van der Waals surface area contributed by atoms with Gasteiger partial charge in [-0.15, -0.1) is 10.2 Å². The average molecular weight is 461 g/mol. The van der Waals surface area contributed by atoms with Crippen molar-refractivity contribution in [1.82, 2.24) is 15.1 Å². The third kappa shape index (κ3) is 4.66. The van der Waals surface area contributed by atoms with Crippen molar-refractivity contribution in [2.24, 2.45) is 0 Å². The Morgan fingerprint density at radius 1 is 1.00 bits per heavy atom. The number of amides is 2. The topological polar surface area (TPSA) is 88.8 Å². The van der Waals surface area contributed by atoms with Crippen LogP contribution >= 0.6 is 0 Å². The molecule has 0 saturated carbocycles. The second-order valence-electron chi connectivity index (χ2n) is 8.83. The van der Waals surface area contributed by atoms with Crippen LogP contribution in [-0.4, -0.2) is 52.6 Å². The van der Waals surface area contributed by atoms with Crippen LogP contribution in [0.1, 0.15) is 37.1 Å². The number of carbonyl (C=O) groups is 2. The summed E-state index contributed by atoms with van der Waals surface area (Å²) in [7, 11) is 0. The normalized spacial score (nSPS) is 17.7. The Labute approximate surface area is 198 Å². The lowest BCUT2D eigenvalue weighted by molar-refractivity contribution is -0.139. The molecule has 1 aromatic heterocycles. The summed E-state index contributed by atoms with van der Waals surface area (Å²) in [5, 5.41) is 8.23. The summed E-state index contributed by atoms with van der Waals surface area (Å²) in [6, 6.07) is 15.2. The van der Waals surface area contributed by atoms with Crippen LogP contribution in [0.4, 0.5) is 5.69 Å². The maximum atomic E-state index is 13.2. The van der Waals surface area contributed by atoms with Gasteiger partial charge >= 0.3 is 0 Å². The van der Waals surface area contributed by atoms with Crippen LogP contribution in [0.15, 0.2) is 52.9 Å². The summed E-state index contributed by atoms with van der Waals surface area (Å²) in [5.41, 5.74) is 2.68. The summed E-state index contributed by atoms with van der Waals surface area (Å²) in [6.07, 6.45) is 2.97. The van der Waals surface area contributed by atoms with Crippen LogP contribution in [0.2, 0.25) is 0 Å². The highest BCUT2D eigenvalue weighted by atomic mass is 16.5. The van der Waals surface area contributed by atoms with E-state index in [0.717, 1.165) is 43.5 Å². The number of carbonyl (C=O) groups excluding carboxylic acids is 2. The molecule has 2 aromatic carbocycles. The molecule has 2 aliphatic rings. The fraction of sp³-hybridized carbons (Fsp3) is 0.385. The SMILES string of the molecule is Cc1ccc(-c2nnc(CCC(=O)N3CC(C(=O)N4CCCCC4)Oc4ccccc43)o2)cc1. The first-order valence-electron chi connectivity index (χ1n) is 11.8. The summed E-state index contributed by atoms with van der Waals surface area (Å²) < 4.78 is 11.8. The lowest BCUT2D eigenvalue weighted by Gasteiger charge is -2.37. The van der Waals surface area contributed by atoms with Gasteiger partial charge in [0.2, 0.25) is 17.7 Å². The van der Waals surface area contributed by atoms with Crippen molar-refractivity contribution >= 4 is 17.5 Å². The molecule has 0 bridgehead atoms. The Bertz CT molecular complexity index is 1170. The van der Waals surface area contributed by atoms with Crippen molar-refractivity contribution < 1.29 is 18.7 Å². The molecule has 1 unspecified atom stereocenters. The van der Waals surface area contributed by atoms with Gasteiger partial charge in [-0.2, -0.15) is 0 Å². The number of aromatic nitrogens is 2. The number of hydrogen-bond donors (Lipinski definition) is 0. The van der Waals surface area contributed by atoms with Crippen LogP contribution in [0.5, 0.6) is 5.75 Å². The highest BCUT2D eigenvalue weighted by Gasteiger charge is 2.36. The van der Waals surface area contributed by atoms with Gasteiger partial charge in [-0.1, -0.05) is 29.8 Å². The van der Waals surface area contributed by atoms with Crippen molar-refractivity contribution in [1.29, 1.82) is 0 Å². The van der Waals surface area contributed by atoms with E-state index in [4.69, 9.17) is 9.15 Å². The van der Waals surface area contributed by atoms with Gasteiger partial charge in [0.25, 0.3) is 5.91 Å². The lowest BCUT2D eigenvalue weighted by Crippen LogP contribution is -2.52. The molecule has 8 nitrogen and oxygen atoms in total. The van der Waals surface area contributed by atoms with Crippen LogP contribution < -0.4 is 9.64 Å². The number of ether oxygens (including phenoxy) is 1. The van der Waals surface area contributed by atoms with Gasteiger partial charge in [0.05, 0.1) is 12.2 Å². The van der Waals surface area contributed by atoms with Crippen molar-refractivity contribution in [3.8, 4) is 17.2 Å². The number of anilines is 1. The van der Waals surface area contributed by atoms with E-state index in [1.54, 1.807) is 11.0 Å². The minimum Gasteiger partial charge on any atom is -0.476 e. The molecule has 0 spiro atoms. The molecule has 34 heavy (non-hydrogen) atoms. The Hall–Kier alpha value is -3.68. The van der Waals surface area contributed by atoms with E-state index in [-0.39, 0.29) is 24.8 Å². The number of hydrogen-bond acceptors (Lipinski definition) is 6. The smallest absolute Gasteiger partial charge is 0.265 e. The van der Waals surface area contributed by atoms with E-state index in [9.17, 15) is 9.59 Å². The molecule has 8 heteroatoms. The van der Waals surface area contributed by atoms with Crippen molar-refractivity contribution in [3.63, 3.8) is 0 Å². The first-order valence-corrected chi connectivity index (χ1v) is 11.8. The predicted octanol–water partition coefficient (Wildman–Crippen LogP) is 3.78. The van der Waals surface area contributed by atoms with Crippen LogP contribution in [-0.2, 0) is 16.0 Å². The zero-order chi connectivity index (χ0) is 23.5. The van der Waals surface area contributed by atoms with E-state index in [0.29, 0.717) is 29.6 Å². The average Bonchev–Trinajstić information content (AvgIpc) is 3.36. The van der Waals surface area contributed by atoms with Crippen LogP contribution in [0.25, 0.3) is 11.5 Å². The minimum atomic E-state index is -0.700. The standard InChI is InChI=1S/C26H28N4O4/c1-18-9-11-19(12-10-18)25-28-27-23(34-25)13-14-24(31)30-17-22(26(32)29-15-5-2-6-16-29)33-21-8-4-3-7-20(21)30/h3-4,7-12,22H,2,5-6,13-17H2,1H3. The second-order valence-corrected chi connectivity index (χ2v) is 8.83.